The van der Waals surface area contributed by atoms with Gasteiger partial charge in [-0.1, -0.05) is 15.6 Å². The van der Waals surface area contributed by atoms with Crippen molar-refractivity contribution in [3.8, 4) is 0 Å². The first-order valence-electron chi connectivity index (χ1n) is 10.8. The summed E-state index contributed by atoms with van der Waals surface area (Å²) in [6, 6.07) is 1.71. The van der Waals surface area contributed by atoms with E-state index < -0.39 is 38.8 Å². The third kappa shape index (κ3) is 3.19. The topological polar surface area (TPSA) is 75.4 Å². The summed E-state index contributed by atoms with van der Waals surface area (Å²) < 4.78 is 16.1. The number of nitrogens with one attached hydrogen (secondary N) is 1. The van der Waals surface area contributed by atoms with Crippen molar-refractivity contribution in [2.45, 2.75) is 40.5 Å². The number of fused-ring (bicyclic) bond motifs is 5. The Balaban J connectivity index is 1.89. The molecule has 5 heterocycles. The average molecular weight is 449 g/mol. The van der Waals surface area contributed by atoms with E-state index in [1.165, 1.54) is 17.6 Å². The molecule has 0 spiro atoms. The largest absolute Gasteiger partial charge is 0.356 e. The van der Waals surface area contributed by atoms with Gasteiger partial charge in [-0.3, -0.25) is 9.78 Å². The number of amides is 1. The van der Waals surface area contributed by atoms with Crippen LogP contribution in [0, 0.1) is 5.82 Å². The minimum absolute atomic E-state index is 0.0153. The van der Waals surface area contributed by atoms with E-state index in [1.54, 1.807) is 17.2 Å². The van der Waals surface area contributed by atoms with Crippen molar-refractivity contribution in [3.05, 3.63) is 53.4 Å². The number of halogens is 1. The highest BCUT2D eigenvalue weighted by Crippen LogP contribution is 2.55. The monoisotopic (exact) mass is 450 g/mol. The second kappa shape index (κ2) is 7.46. The summed E-state index contributed by atoms with van der Waals surface area (Å²) in [6.45, 7) is 1.75. The molecule has 2 aliphatic rings. The maximum atomic E-state index is 14.6. The van der Waals surface area contributed by atoms with Crippen LogP contribution in [-0.2, 0) is 10.7 Å². The Hall–Kier alpha value is -2.58. The molecule has 1 amide bonds. The quantitative estimate of drug-likeness (QED) is 0.447. The highest BCUT2D eigenvalue weighted by atomic mass is 19.1. The van der Waals surface area contributed by atoms with Crippen molar-refractivity contribution in [2.24, 2.45) is 0 Å². The molecule has 1 fully saturated rings. The normalized spacial score (nSPS) is 26.7. The van der Waals surface area contributed by atoms with Crippen molar-refractivity contribution < 1.29 is 9.18 Å². The minimum Gasteiger partial charge on any atom is -0.356 e. The van der Waals surface area contributed by atoms with Crippen molar-refractivity contribution >= 4 is 72.3 Å². The highest BCUT2D eigenvalue weighted by molar-refractivity contribution is 6.55. The van der Waals surface area contributed by atoms with Crippen LogP contribution < -0.4 is 10.2 Å². The number of carbonyl (C=O) groups excluding carboxylic acids is 1. The van der Waals surface area contributed by atoms with Gasteiger partial charge in [0.25, 0.3) is 5.91 Å². The molecule has 5 rings (SSSR count). The molecular formula is C20H14B7FN6O. The Morgan fingerprint density at radius 3 is 2.57 bits per heavy atom. The van der Waals surface area contributed by atoms with Crippen LogP contribution in [0.25, 0.3) is 5.65 Å². The first-order valence-corrected chi connectivity index (χ1v) is 10.8. The lowest BCUT2D eigenvalue weighted by Crippen LogP contribution is -2.57. The van der Waals surface area contributed by atoms with E-state index in [2.05, 4.69) is 20.4 Å². The van der Waals surface area contributed by atoms with Crippen LogP contribution in [0.3, 0.4) is 0 Å². The number of nitrogens with zero attached hydrogens (tertiary/aromatic N) is 5. The molecule has 2 aliphatic heterocycles. The number of carbonyl (C=O) groups is 1. The summed E-state index contributed by atoms with van der Waals surface area (Å²) in [5, 5.41) is 1.10. The van der Waals surface area contributed by atoms with Gasteiger partial charge in [0.05, 0.1) is 59.5 Å². The van der Waals surface area contributed by atoms with E-state index >= 15 is 0 Å². The van der Waals surface area contributed by atoms with Gasteiger partial charge in [-0.2, -0.15) is 5.10 Å². The second-order valence-corrected chi connectivity index (χ2v) is 9.37. The van der Waals surface area contributed by atoms with Gasteiger partial charge in [0.1, 0.15) is 25.0 Å². The summed E-state index contributed by atoms with van der Waals surface area (Å²) in [5.74, 6) is -0.993. The Morgan fingerprint density at radius 2 is 1.86 bits per heavy atom. The predicted octanol–water partition coefficient (Wildman–Crippen LogP) is -0.977. The molecule has 0 saturated carbocycles. The zero-order chi connectivity index (χ0) is 25.6. The van der Waals surface area contributed by atoms with Crippen LogP contribution in [0.5, 0.6) is 0 Å². The first-order chi connectivity index (χ1) is 16.2. The molecule has 15 heteroatoms. The zero-order valence-corrected chi connectivity index (χ0v) is 18.9. The van der Waals surface area contributed by atoms with Crippen LogP contribution in [-0.4, -0.2) is 93.0 Å². The fourth-order valence-corrected chi connectivity index (χ4v) is 4.79. The molecule has 158 valence electrons. The fourth-order valence-electron chi connectivity index (χ4n) is 4.79. The van der Waals surface area contributed by atoms with Gasteiger partial charge >= 0.3 is 0 Å². The lowest BCUT2D eigenvalue weighted by molar-refractivity contribution is 0.0936. The summed E-state index contributed by atoms with van der Waals surface area (Å²) in [6.07, 6.45) is 4.04. The lowest BCUT2D eigenvalue weighted by atomic mass is 9.26. The second-order valence-electron chi connectivity index (χ2n) is 9.37. The molecule has 1 N–H and O–H groups in total. The Kier molecular flexibility index (Phi) is 5.15. The number of anilines is 1. The standard InChI is InChI=1S/C20H14B7FN6O/c1-9-18(23,24)19(25,26)14-12(6-10(28)7-29-14)20(27)17(21,22)3-5-33(20)13-2-4-34-15(32-13)11(8-30-34)16(35)31-9/h2,4,6-9H,3,5H2,1H3,(H,31,35)/t9-,20?/m1/s1. The van der Waals surface area contributed by atoms with E-state index in [9.17, 15) is 9.18 Å². The van der Waals surface area contributed by atoms with Crippen LogP contribution >= 0.6 is 0 Å². The van der Waals surface area contributed by atoms with Crippen LogP contribution in [0.2, 0.25) is 10.4 Å². The molecule has 1 unspecified atom stereocenters. The van der Waals surface area contributed by atoms with E-state index in [0.29, 0.717) is 5.82 Å². The first kappa shape index (κ1) is 24.1. The third-order valence-electron chi connectivity index (χ3n) is 7.20. The van der Waals surface area contributed by atoms with E-state index in [0.717, 1.165) is 12.3 Å². The predicted molar refractivity (Wildman–Crippen MR) is 135 cm³/mol. The van der Waals surface area contributed by atoms with Crippen molar-refractivity contribution in [1.82, 2.24) is 24.9 Å². The maximum absolute atomic E-state index is 14.6. The van der Waals surface area contributed by atoms with E-state index in [-0.39, 0.29) is 35.4 Å². The van der Waals surface area contributed by atoms with Crippen LogP contribution in [0.15, 0.2) is 30.7 Å². The lowest BCUT2D eigenvalue weighted by Gasteiger charge is -2.52. The molecule has 0 aliphatic carbocycles. The Bertz CT molecular complexity index is 1360. The molecule has 3 aromatic heterocycles. The van der Waals surface area contributed by atoms with Gasteiger partial charge in [0, 0.05) is 29.9 Å². The van der Waals surface area contributed by atoms with E-state index in [4.69, 9.17) is 54.9 Å². The average Bonchev–Trinajstić information content (AvgIpc) is 3.31. The van der Waals surface area contributed by atoms with Gasteiger partial charge in [-0.15, -0.1) is 0 Å². The number of pyridine rings is 1. The number of rotatable bonds is 0. The molecule has 0 aromatic carbocycles. The molecule has 2 bridgehead atoms. The highest BCUT2D eigenvalue weighted by Gasteiger charge is 2.54. The summed E-state index contributed by atoms with van der Waals surface area (Å²) in [5.41, 5.74) is -1.59. The number of aromatic nitrogens is 4. The molecule has 7 nitrogen and oxygen atoms in total. The van der Waals surface area contributed by atoms with Crippen molar-refractivity contribution in [3.63, 3.8) is 0 Å². The zero-order valence-electron chi connectivity index (χ0n) is 18.9. The van der Waals surface area contributed by atoms with Gasteiger partial charge in [0.2, 0.25) is 0 Å². The molecule has 35 heavy (non-hydrogen) atoms. The summed E-state index contributed by atoms with van der Waals surface area (Å²) >= 11 is 0. The molecule has 1 saturated heterocycles. The van der Waals surface area contributed by atoms with E-state index in [1.807, 2.05) is 0 Å². The van der Waals surface area contributed by atoms with Crippen molar-refractivity contribution in [2.75, 3.05) is 11.4 Å². The van der Waals surface area contributed by atoms with Crippen LogP contribution in [0.1, 0.15) is 35.0 Å². The Morgan fingerprint density at radius 1 is 1.14 bits per heavy atom. The number of hydrogen-bond acceptors (Lipinski definition) is 5. The molecule has 3 aromatic rings. The van der Waals surface area contributed by atoms with Crippen molar-refractivity contribution in [1.29, 1.82) is 0 Å². The SMILES string of the molecule is [B]C1([B])CCN2c3ccn4ncc(c4n3)C(=O)N[C@H](C)C([B])([B])C([B])([B])c3ncc(F)cc3C21[B]. The fraction of sp³-hybridized carbons (Fsp3) is 0.400. The van der Waals surface area contributed by atoms with Gasteiger partial charge in [-0.05, 0) is 31.0 Å². The molecule has 2 atom stereocenters. The number of hydrogen-bond donors (Lipinski definition) is 1. The molecular weight excluding hydrogens is 435 g/mol. The van der Waals surface area contributed by atoms with Crippen LogP contribution in [0.4, 0.5) is 10.2 Å². The molecule has 14 radical (unpaired) electrons. The van der Waals surface area contributed by atoms with Gasteiger partial charge in [0.15, 0.2) is 5.65 Å². The minimum atomic E-state index is -2.15. The smallest absolute Gasteiger partial charge is 0.256 e. The summed E-state index contributed by atoms with van der Waals surface area (Å²) in [4.78, 5) is 23.5. The summed E-state index contributed by atoms with van der Waals surface area (Å²) in [7, 11) is 45.9. The maximum Gasteiger partial charge on any atom is 0.256 e. The van der Waals surface area contributed by atoms with Gasteiger partial charge < -0.3 is 10.2 Å². The van der Waals surface area contributed by atoms with Gasteiger partial charge in [-0.25, -0.2) is 13.9 Å². The Labute approximate surface area is 211 Å². The third-order valence-corrected chi connectivity index (χ3v) is 7.20.